The molecule has 22 heavy (non-hydrogen) atoms. The topological polar surface area (TPSA) is 26.3 Å². The highest BCUT2D eigenvalue weighted by atomic mass is 19.1. The van der Waals surface area contributed by atoms with Crippen LogP contribution < -0.4 is 0 Å². The molecule has 0 aliphatic heterocycles. The second kappa shape index (κ2) is 7.21. The maximum atomic E-state index is 14.3. The lowest BCUT2D eigenvalue weighted by Crippen LogP contribution is -2.16. The first kappa shape index (κ1) is 16.2. The fourth-order valence-electron chi connectivity index (χ4n) is 2.16. The van der Waals surface area contributed by atoms with E-state index in [9.17, 15) is 9.18 Å². The molecule has 0 heterocycles. The third kappa shape index (κ3) is 3.94. The first-order chi connectivity index (χ1) is 10.5. The molecule has 2 nitrogen and oxygen atoms in total. The van der Waals surface area contributed by atoms with E-state index in [2.05, 4.69) is 0 Å². The van der Waals surface area contributed by atoms with Gasteiger partial charge in [-0.05, 0) is 30.0 Å². The molecule has 0 saturated carbocycles. The summed E-state index contributed by atoms with van der Waals surface area (Å²) in [5.74, 6) is -0.834. The van der Waals surface area contributed by atoms with Crippen LogP contribution in [0.5, 0.6) is 0 Å². The average Bonchev–Trinajstić information content (AvgIpc) is 2.52. The third-order valence-electron chi connectivity index (χ3n) is 3.49. The fourth-order valence-corrected chi connectivity index (χ4v) is 2.16. The predicted molar refractivity (Wildman–Crippen MR) is 86.0 cm³/mol. The Morgan fingerprint density at radius 2 is 1.77 bits per heavy atom. The second-order valence-electron chi connectivity index (χ2n) is 5.85. The van der Waals surface area contributed by atoms with E-state index in [1.165, 1.54) is 6.07 Å². The van der Waals surface area contributed by atoms with Crippen molar-refractivity contribution in [3.63, 3.8) is 0 Å². The lowest BCUT2D eigenvalue weighted by atomic mass is 9.97. The molecule has 1 unspecified atom stereocenters. The zero-order valence-electron chi connectivity index (χ0n) is 13.2. The maximum Gasteiger partial charge on any atom is 0.313 e. The molecule has 1 atom stereocenters. The molecule has 0 N–H and O–H groups in total. The van der Waals surface area contributed by atoms with Gasteiger partial charge in [-0.25, -0.2) is 4.39 Å². The van der Waals surface area contributed by atoms with Gasteiger partial charge in [0.25, 0.3) is 0 Å². The molecule has 2 rings (SSSR count). The largest absolute Gasteiger partial charge is 0.465 e. The SMILES string of the molecule is CC(C)COC(=O)C(C)c1ccc(-c2ccccc2)c(F)c1. The van der Waals surface area contributed by atoms with Gasteiger partial charge in [-0.2, -0.15) is 0 Å². The van der Waals surface area contributed by atoms with Gasteiger partial charge in [-0.15, -0.1) is 0 Å². The monoisotopic (exact) mass is 300 g/mol. The minimum absolute atomic E-state index is 0.286. The second-order valence-corrected chi connectivity index (χ2v) is 5.85. The Hall–Kier alpha value is -2.16. The van der Waals surface area contributed by atoms with Crippen molar-refractivity contribution >= 4 is 5.97 Å². The van der Waals surface area contributed by atoms with Crippen LogP contribution in [0.4, 0.5) is 4.39 Å². The number of esters is 1. The Kier molecular flexibility index (Phi) is 5.31. The van der Waals surface area contributed by atoms with Crippen molar-refractivity contribution in [1.82, 2.24) is 0 Å². The summed E-state index contributed by atoms with van der Waals surface area (Å²) in [6.45, 7) is 6.08. The summed E-state index contributed by atoms with van der Waals surface area (Å²) in [6.07, 6.45) is 0. The lowest BCUT2D eigenvalue weighted by Gasteiger charge is -2.14. The Bertz CT molecular complexity index is 635. The number of benzene rings is 2. The lowest BCUT2D eigenvalue weighted by molar-refractivity contribution is -0.146. The smallest absolute Gasteiger partial charge is 0.313 e. The van der Waals surface area contributed by atoms with Crippen LogP contribution in [0.2, 0.25) is 0 Å². The van der Waals surface area contributed by atoms with Crippen molar-refractivity contribution in [1.29, 1.82) is 0 Å². The molecule has 0 fully saturated rings. The van der Waals surface area contributed by atoms with Gasteiger partial charge in [0.2, 0.25) is 0 Å². The van der Waals surface area contributed by atoms with Gasteiger partial charge in [-0.1, -0.05) is 56.3 Å². The van der Waals surface area contributed by atoms with E-state index >= 15 is 0 Å². The van der Waals surface area contributed by atoms with Crippen LogP contribution >= 0.6 is 0 Å². The van der Waals surface area contributed by atoms with E-state index in [4.69, 9.17) is 4.74 Å². The highest BCUT2D eigenvalue weighted by molar-refractivity contribution is 5.78. The van der Waals surface area contributed by atoms with Gasteiger partial charge in [0.05, 0.1) is 12.5 Å². The Labute approximate surface area is 130 Å². The highest BCUT2D eigenvalue weighted by Gasteiger charge is 2.19. The summed E-state index contributed by atoms with van der Waals surface area (Å²) >= 11 is 0. The molecule has 0 aliphatic rings. The van der Waals surface area contributed by atoms with Crippen LogP contribution in [-0.2, 0) is 9.53 Å². The first-order valence-electron chi connectivity index (χ1n) is 7.50. The van der Waals surface area contributed by atoms with Crippen molar-refractivity contribution in [3.05, 3.63) is 59.9 Å². The minimum atomic E-state index is -0.474. The van der Waals surface area contributed by atoms with E-state index in [0.29, 0.717) is 17.7 Å². The molecule has 2 aromatic rings. The number of carbonyl (C=O) groups is 1. The predicted octanol–water partition coefficient (Wildman–Crippen LogP) is 4.80. The number of ether oxygens (including phenoxy) is 1. The van der Waals surface area contributed by atoms with Crippen LogP contribution in [-0.4, -0.2) is 12.6 Å². The van der Waals surface area contributed by atoms with Gasteiger partial charge in [-0.3, -0.25) is 4.79 Å². The first-order valence-corrected chi connectivity index (χ1v) is 7.50. The van der Waals surface area contributed by atoms with Gasteiger partial charge in [0, 0.05) is 5.56 Å². The number of rotatable bonds is 5. The number of hydrogen-bond donors (Lipinski definition) is 0. The van der Waals surface area contributed by atoms with Crippen LogP contribution in [0.3, 0.4) is 0 Å². The van der Waals surface area contributed by atoms with Crippen LogP contribution in [0.25, 0.3) is 11.1 Å². The van der Waals surface area contributed by atoms with E-state index < -0.39 is 5.92 Å². The van der Waals surface area contributed by atoms with Gasteiger partial charge < -0.3 is 4.74 Å². The summed E-state index contributed by atoms with van der Waals surface area (Å²) in [4.78, 5) is 12.0. The fraction of sp³-hybridized carbons (Fsp3) is 0.316. The molecule has 116 valence electrons. The molecule has 0 radical (unpaired) electrons. The van der Waals surface area contributed by atoms with Gasteiger partial charge >= 0.3 is 5.97 Å². The van der Waals surface area contributed by atoms with E-state index in [1.807, 2.05) is 44.2 Å². The van der Waals surface area contributed by atoms with E-state index in [0.717, 1.165) is 5.56 Å². The van der Waals surface area contributed by atoms with Crippen molar-refractivity contribution in [2.24, 2.45) is 5.92 Å². The summed E-state index contributed by atoms with van der Waals surface area (Å²) < 4.78 is 19.5. The maximum absolute atomic E-state index is 14.3. The highest BCUT2D eigenvalue weighted by Crippen LogP contribution is 2.26. The van der Waals surface area contributed by atoms with Crippen molar-refractivity contribution in [3.8, 4) is 11.1 Å². The van der Waals surface area contributed by atoms with Gasteiger partial charge in [0.1, 0.15) is 5.82 Å². The molecule has 0 spiro atoms. The molecule has 0 amide bonds. The molecular formula is C19H21FO2. The Morgan fingerprint density at radius 1 is 1.09 bits per heavy atom. The zero-order chi connectivity index (χ0) is 16.1. The van der Waals surface area contributed by atoms with Crippen molar-refractivity contribution in [2.45, 2.75) is 26.7 Å². The van der Waals surface area contributed by atoms with Gasteiger partial charge in [0.15, 0.2) is 0 Å². The van der Waals surface area contributed by atoms with E-state index in [1.54, 1.807) is 19.1 Å². The molecule has 0 bridgehead atoms. The molecular weight excluding hydrogens is 279 g/mol. The summed E-state index contributed by atoms with van der Waals surface area (Å²) in [5, 5.41) is 0. The summed E-state index contributed by atoms with van der Waals surface area (Å²) in [7, 11) is 0. The van der Waals surface area contributed by atoms with Crippen LogP contribution in [0, 0.1) is 11.7 Å². The standard InChI is InChI=1S/C19H21FO2/c1-13(2)12-22-19(21)14(3)16-9-10-17(18(20)11-16)15-7-5-4-6-8-15/h4-11,13-14H,12H2,1-3H3. The molecule has 2 aromatic carbocycles. The number of carbonyl (C=O) groups excluding carboxylic acids is 1. The summed E-state index contributed by atoms with van der Waals surface area (Å²) in [6, 6.07) is 14.3. The molecule has 0 aliphatic carbocycles. The average molecular weight is 300 g/mol. The minimum Gasteiger partial charge on any atom is -0.465 e. The molecule has 0 saturated heterocycles. The van der Waals surface area contributed by atoms with E-state index in [-0.39, 0.29) is 17.7 Å². The number of hydrogen-bond acceptors (Lipinski definition) is 2. The normalized spacial score (nSPS) is 12.2. The summed E-state index contributed by atoms with van der Waals surface area (Å²) in [5.41, 5.74) is 1.99. The number of halogens is 1. The zero-order valence-corrected chi connectivity index (χ0v) is 13.2. The van der Waals surface area contributed by atoms with Crippen molar-refractivity contribution < 1.29 is 13.9 Å². The van der Waals surface area contributed by atoms with Crippen molar-refractivity contribution in [2.75, 3.05) is 6.61 Å². The van der Waals surface area contributed by atoms with Crippen LogP contribution in [0.15, 0.2) is 48.5 Å². The molecule has 3 heteroatoms. The Morgan fingerprint density at radius 3 is 2.36 bits per heavy atom. The quantitative estimate of drug-likeness (QED) is 0.742. The molecule has 0 aromatic heterocycles. The third-order valence-corrected chi connectivity index (χ3v) is 3.49. The Balaban J connectivity index is 2.17. The van der Waals surface area contributed by atoms with Crippen LogP contribution in [0.1, 0.15) is 32.3 Å².